The zero-order chi connectivity index (χ0) is 20.2. The molecule has 3 amide bonds. The van der Waals surface area contributed by atoms with Gasteiger partial charge in [-0.05, 0) is 44.9 Å². The van der Waals surface area contributed by atoms with Gasteiger partial charge in [-0.2, -0.15) is 4.72 Å². The van der Waals surface area contributed by atoms with Gasteiger partial charge in [0.05, 0.1) is 4.90 Å². The fourth-order valence-electron chi connectivity index (χ4n) is 1.98. The summed E-state index contributed by atoms with van der Waals surface area (Å²) in [6.07, 6.45) is 0.438. The summed E-state index contributed by atoms with van der Waals surface area (Å²) in [5, 5.41) is 4.84. The van der Waals surface area contributed by atoms with E-state index in [1.54, 1.807) is 0 Å². The fraction of sp³-hybridized carbons (Fsp3) is 0.438. The molecule has 9 nitrogen and oxygen atoms in total. The van der Waals surface area contributed by atoms with Gasteiger partial charge in [0.2, 0.25) is 10.0 Å². The van der Waals surface area contributed by atoms with E-state index in [2.05, 4.69) is 15.4 Å². The summed E-state index contributed by atoms with van der Waals surface area (Å²) in [6.45, 7) is 2.55. The summed E-state index contributed by atoms with van der Waals surface area (Å²) < 4.78 is 31.6. The van der Waals surface area contributed by atoms with Crippen molar-refractivity contribution in [1.82, 2.24) is 15.4 Å². The second kappa shape index (κ2) is 8.68. The van der Waals surface area contributed by atoms with Crippen LogP contribution in [0.2, 0.25) is 5.02 Å². The molecule has 1 aliphatic rings. The number of rotatable bonds is 7. The fourth-order valence-corrected chi connectivity index (χ4v) is 3.47. The summed E-state index contributed by atoms with van der Waals surface area (Å²) in [5.41, 5.74) is 0. The van der Waals surface area contributed by atoms with Gasteiger partial charge in [-0.1, -0.05) is 17.7 Å². The number of halogens is 1. The molecule has 0 aliphatic heterocycles. The van der Waals surface area contributed by atoms with Gasteiger partial charge in [-0.25, -0.2) is 13.2 Å². The predicted octanol–water partition coefficient (Wildman–Crippen LogP) is 0.927. The SMILES string of the molecule is C[C@H](NS(=O)(=O)c1cccc(Cl)c1)C(=O)O[C@@H](C)C(=O)NC(=O)NC1CC1. The predicted molar refractivity (Wildman–Crippen MR) is 96.5 cm³/mol. The molecule has 148 valence electrons. The van der Waals surface area contributed by atoms with E-state index >= 15 is 0 Å². The summed E-state index contributed by atoms with van der Waals surface area (Å²) in [6, 6.07) is 3.66. The molecule has 1 saturated carbocycles. The van der Waals surface area contributed by atoms with E-state index in [0.717, 1.165) is 12.8 Å². The molecule has 0 bridgehead atoms. The first-order valence-electron chi connectivity index (χ1n) is 8.18. The molecule has 0 unspecified atom stereocenters. The molecular formula is C16H20ClN3O6S. The third kappa shape index (κ3) is 6.49. The molecule has 1 aromatic rings. The van der Waals surface area contributed by atoms with E-state index in [9.17, 15) is 22.8 Å². The Labute approximate surface area is 161 Å². The van der Waals surface area contributed by atoms with E-state index in [1.807, 2.05) is 0 Å². The van der Waals surface area contributed by atoms with Crippen molar-refractivity contribution in [2.75, 3.05) is 0 Å². The number of imide groups is 1. The number of sulfonamides is 1. The van der Waals surface area contributed by atoms with Crippen LogP contribution in [0.3, 0.4) is 0 Å². The van der Waals surface area contributed by atoms with E-state index in [-0.39, 0.29) is 16.0 Å². The zero-order valence-corrected chi connectivity index (χ0v) is 16.3. The number of carbonyl (C=O) groups excluding carboxylic acids is 3. The van der Waals surface area contributed by atoms with Crippen molar-refractivity contribution in [2.24, 2.45) is 0 Å². The third-order valence-corrected chi connectivity index (χ3v) is 5.38. The number of nitrogens with one attached hydrogen (secondary N) is 3. The molecule has 2 rings (SSSR count). The average Bonchev–Trinajstić information content (AvgIpc) is 3.37. The molecule has 0 heterocycles. The maximum atomic E-state index is 12.3. The van der Waals surface area contributed by atoms with Crippen LogP contribution in [0.1, 0.15) is 26.7 Å². The van der Waals surface area contributed by atoms with Crippen LogP contribution in [-0.2, 0) is 24.3 Å². The largest absolute Gasteiger partial charge is 0.451 e. The summed E-state index contributed by atoms with van der Waals surface area (Å²) in [7, 11) is -4.01. The molecule has 11 heteroatoms. The lowest BCUT2D eigenvalue weighted by atomic mass is 10.3. The Balaban J connectivity index is 1.88. The zero-order valence-electron chi connectivity index (χ0n) is 14.7. The highest BCUT2D eigenvalue weighted by Gasteiger charge is 2.28. The van der Waals surface area contributed by atoms with Crippen LogP contribution in [-0.4, -0.2) is 44.5 Å². The Morgan fingerprint density at radius 3 is 2.48 bits per heavy atom. The topological polar surface area (TPSA) is 131 Å². The number of hydrogen-bond donors (Lipinski definition) is 3. The Hall–Kier alpha value is -2.17. The Morgan fingerprint density at radius 1 is 1.22 bits per heavy atom. The highest BCUT2D eigenvalue weighted by Crippen LogP contribution is 2.18. The maximum Gasteiger partial charge on any atom is 0.324 e. The standard InChI is InChI=1S/C16H20ClN3O6S/c1-9(20-27(24,25)13-5-3-4-11(17)8-13)15(22)26-10(2)14(21)19-16(23)18-12-6-7-12/h3-5,8-10,12,20H,6-7H2,1-2H3,(H2,18,19,21,23)/t9-,10-/m0/s1. The van der Waals surface area contributed by atoms with Gasteiger partial charge in [0, 0.05) is 11.1 Å². The van der Waals surface area contributed by atoms with Gasteiger partial charge in [-0.3, -0.25) is 14.9 Å². The molecule has 1 fully saturated rings. The molecule has 27 heavy (non-hydrogen) atoms. The molecule has 0 aromatic heterocycles. The number of urea groups is 1. The van der Waals surface area contributed by atoms with Gasteiger partial charge in [0.1, 0.15) is 6.04 Å². The van der Waals surface area contributed by atoms with Crippen LogP contribution in [0.25, 0.3) is 0 Å². The quantitative estimate of drug-likeness (QED) is 0.565. The molecular weight excluding hydrogens is 398 g/mol. The minimum atomic E-state index is -4.01. The smallest absolute Gasteiger partial charge is 0.324 e. The van der Waals surface area contributed by atoms with Crippen molar-refractivity contribution in [1.29, 1.82) is 0 Å². The van der Waals surface area contributed by atoms with E-state index in [1.165, 1.54) is 38.1 Å². The van der Waals surface area contributed by atoms with Crippen LogP contribution >= 0.6 is 11.6 Å². The monoisotopic (exact) mass is 417 g/mol. The molecule has 0 saturated heterocycles. The number of amides is 3. The maximum absolute atomic E-state index is 12.3. The number of benzene rings is 1. The lowest BCUT2D eigenvalue weighted by Gasteiger charge is -2.17. The lowest BCUT2D eigenvalue weighted by molar-refractivity contribution is -0.155. The second-order valence-electron chi connectivity index (χ2n) is 6.12. The van der Waals surface area contributed by atoms with E-state index in [4.69, 9.17) is 16.3 Å². The Morgan fingerprint density at radius 2 is 1.89 bits per heavy atom. The Bertz CT molecular complexity index is 840. The molecule has 3 N–H and O–H groups in total. The number of hydrogen-bond acceptors (Lipinski definition) is 6. The van der Waals surface area contributed by atoms with E-state index < -0.39 is 40.1 Å². The highest BCUT2D eigenvalue weighted by atomic mass is 35.5. The summed E-state index contributed by atoms with van der Waals surface area (Å²) in [4.78, 5) is 35.3. The number of esters is 1. The van der Waals surface area contributed by atoms with Gasteiger partial charge < -0.3 is 10.1 Å². The van der Waals surface area contributed by atoms with Gasteiger partial charge >= 0.3 is 12.0 Å². The first kappa shape index (κ1) is 21.1. The van der Waals surface area contributed by atoms with Crippen LogP contribution in [0.5, 0.6) is 0 Å². The Kier molecular flexibility index (Phi) is 6.79. The summed E-state index contributed by atoms with van der Waals surface area (Å²) in [5.74, 6) is -1.78. The summed E-state index contributed by atoms with van der Waals surface area (Å²) >= 11 is 5.77. The first-order chi connectivity index (χ1) is 12.6. The normalized spacial score (nSPS) is 16.1. The van der Waals surface area contributed by atoms with Gasteiger partial charge in [0.15, 0.2) is 6.10 Å². The highest BCUT2D eigenvalue weighted by molar-refractivity contribution is 7.89. The first-order valence-corrected chi connectivity index (χ1v) is 10.0. The molecule has 1 aliphatic carbocycles. The van der Waals surface area contributed by atoms with Crippen molar-refractivity contribution in [3.63, 3.8) is 0 Å². The van der Waals surface area contributed by atoms with Crippen LogP contribution in [0.4, 0.5) is 4.79 Å². The lowest BCUT2D eigenvalue weighted by Crippen LogP contribution is -2.47. The molecule has 2 atom stereocenters. The van der Waals surface area contributed by atoms with Gasteiger partial charge in [0.25, 0.3) is 5.91 Å². The average molecular weight is 418 g/mol. The second-order valence-corrected chi connectivity index (χ2v) is 8.27. The van der Waals surface area contributed by atoms with Crippen LogP contribution in [0.15, 0.2) is 29.2 Å². The molecule has 1 aromatic carbocycles. The van der Waals surface area contributed by atoms with Crippen LogP contribution in [0, 0.1) is 0 Å². The molecule has 0 radical (unpaired) electrons. The minimum Gasteiger partial charge on any atom is -0.451 e. The van der Waals surface area contributed by atoms with Crippen molar-refractivity contribution < 1.29 is 27.5 Å². The van der Waals surface area contributed by atoms with Crippen molar-refractivity contribution in [3.8, 4) is 0 Å². The van der Waals surface area contributed by atoms with Gasteiger partial charge in [-0.15, -0.1) is 0 Å². The number of carbonyl (C=O) groups is 3. The van der Waals surface area contributed by atoms with Crippen molar-refractivity contribution in [3.05, 3.63) is 29.3 Å². The van der Waals surface area contributed by atoms with Crippen molar-refractivity contribution >= 4 is 39.5 Å². The van der Waals surface area contributed by atoms with Crippen molar-refractivity contribution in [2.45, 2.75) is 49.8 Å². The number of ether oxygens (including phenoxy) is 1. The third-order valence-electron chi connectivity index (χ3n) is 3.60. The minimum absolute atomic E-state index is 0.0663. The van der Waals surface area contributed by atoms with E-state index in [0.29, 0.717) is 0 Å². The van der Waals surface area contributed by atoms with Crippen LogP contribution < -0.4 is 15.4 Å². The molecule has 0 spiro atoms.